The molecule has 1 heterocycles. The van der Waals surface area contributed by atoms with Crippen molar-refractivity contribution in [2.24, 2.45) is 0 Å². The van der Waals surface area contributed by atoms with Crippen molar-refractivity contribution in [3.05, 3.63) is 52.5 Å². The van der Waals surface area contributed by atoms with Crippen LogP contribution in [0.15, 0.2) is 41.1 Å². The van der Waals surface area contributed by atoms with Crippen LogP contribution in [0.5, 0.6) is 11.5 Å². The highest BCUT2D eigenvalue weighted by atomic mass is 79.9. The highest BCUT2D eigenvalue weighted by molar-refractivity contribution is 9.10. The first-order chi connectivity index (χ1) is 8.19. The number of pyridine rings is 1. The second kappa shape index (κ2) is 4.93. The first-order valence-electron chi connectivity index (χ1n) is 4.67. The topological polar surface area (TPSA) is 45.9 Å². The van der Waals surface area contributed by atoms with Crippen LogP contribution in [-0.4, -0.2) is 4.98 Å². The van der Waals surface area contributed by atoms with E-state index in [4.69, 9.17) is 10.00 Å². The molecule has 0 spiro atoms. The van der Waals surface area contributed by atoms with Crippen molar-refractivity contribution < 1.29 is 9.13 Å². The van der Waals surface area contributed by atoms with E-state index in [9.17, 15) is 4.39 Å². The predicted molar refractivity (Wildman–Crippen MR) is 63.1 cm³/mol. The summed E-state index contributed by atoms with van der Waals surface area (Å²) in [5.41, 5.74) is 0.143. The van der Waals surface area contributed by atoms with Crippen LogP contribution in [0.4, 0.5) is 4.39 Å². The van der Waals surface area contributed by atoms with Gasteiger partial charge in [-0.2, -0.15) is 5.26 Å². The Balaban J connectivity index is 2.34. The molecule has 0 unspecified atom stereocenters. The summed E-state index contributed by atoms with van der Waals surface area (Å²) >= 11 is 3.26. The number of nitriles is 1. The molecule has 3 nitrogen and oxygen atoms in total. The summed E-state index contributed by atoms with van der Waals surface area (Å²) < 4.78 is 19.1. The number of halogens is 2. The van der Waals surface area contributed by atoms with Crippen molar-refractivity contribution >= 4 is 15.9 Å². The van der Waals surface area contributed by atoms with Gasteiger partial charge in [-0.1, -0.05) is 0 Å². The second-order valence-electron chi connectivity index (χ2n) is 3.19. The van der Waals surface area contributed by atoms with E-state index in [0.29, 0.717) is 11.5 Å². The number of ether oxygens (including phenoxy) is 1. The molecule has 0 fully saturated rings. The average molecular weight is 293 g/mol. The molecule has 1 aromatic heterocycles. The lowest BCUT2D eigenvalue weighted by Crippen LogP contribution is -1.90. The lowest BCUT2D eigenvalue weighted by molar-refractivity contribution is 0.476. The molecule has 0 radical (unpaired) electrons. The molecule has 17 heavy (non-hydrogen) atoms. The summed E-state index contributed by atoms with van der Waals surface area (Å²) in [6, 6.07) is 7.35. The Bertz CT molecular complexity index is 595. The SMILES string of the molecule is N#Cc1cc(F)ccc1Oc1cncc(Br)c1. The third-order valence-electron chi connectivity index (χ3n) is 1.97. The molecule has 0 saturated heterocycles. The summed E-state index contributed by atoms with van der Waals surface area (Å²) in [5, 5.41) is 8.85. The summed E-state index contributed by atoms with van der Waals surface area (Å²) in [5.74, 6) is 0.303. The standard InChI is InChI=1S/C12H6BrFN2O/c13-9-4-11(7-16-6-9)17-12-2-1-10(14)3-8(12)5-15/h1-4,6-7H. The van der Waals surface area contributed by atoms with Gasteiger partial charge in [0.25, 0.3) is 0 Å². The zero-order valence-electron chi connectivity index (χ0n) is 8.52. The molecule has 2 aromatic rings. The van der Waals surface area contributed by atoms with Crippen LogP contribution in [0, 0.1) is 17.1 Å². The zero-order chi connectivity index (χ0) is 12.3. The first-order valence-corrected chi connectivity index (χ1v) is 5.46. The molecule has 0 aliphatic heterocycles. The van der Waals surface area contributed by atoms with Gasteiger partial charge < -0.3 is 4.74 Å². The third kappa shape index (κ3) is 2.80. The summed E-state index contributed by atoms with van der Waals surface area (Å²) in [7, 11) is 0. The van der Waals surface area contributed by atoms with Gasteiger partial charge in [0.2, 0.25) is 0 Å². The van der Waals surface area contributed by atoms with E-state index in [1.807, 2.05) is 6.07 Å². The van der Waals surface area contributed by atoms with Crippen LogP contribution < -0.4 is 4.74 Å². The van der Waals surface area contributed by atoms with Crippen molar-refractivity contribution in [1.82, 2.24) is 4.98 Å². The zero-order valence-corrected chi connectivity index (χ0v) is 10.1. The van der Waals surface area contributed by atoms with Crippen LogP contribution in [0.2, 0.25) is 0 Å². The van der Waals surface area contributed by atoms with E-state index in [-0.39, 0.29) is 5.56 Å². The molecule has 0 aliphatic carbocycles. The maximum Gasteiger partial charge on any atom is 0.146 e. The predicted octanol–water partition coefficient (Wildman–Crippen LogP) is 3.65. The fraction of sp³-hybridized carbons (Fsp3) is 0. The summed E-state index contributed by atoms with van der Waals surface area (Å²) in [6.07, 6.45) is 3.12. The fourth-order valence-electron chi connectivity index (χ4n) is 1.25. The molecule has 0 amide bonds. The summed E-state index contributed by atoms with van der Waals surface area (Å²) in [6.45, 7) is 0. The van der Waals surface area contributed by atoms with E-state index in [1.165, 1.54) is 18.3 Å². The van der Waals surface area contributed by atoms with Crippen molar-refractivity contribution in [3.63, 3.8) is 0 Å². The molecular weight excluding hydrogens is 287 g/mol. The highest BCUT2D eigenvalue weighted by Crippen LogP contribution is 2.26. The maximum absolute atomic E-state index is 12.9. The van der Waals surface area contributed by atoms with Crippen molar-refractivity contribution in [3.8, 4) is 17.6 Å². The minimum absolute atomic E-state index is 0.143. The van der Waals surface area contributed by atoms with Gasteiger partial charge in [0.05, 0.1) is 11.8 Å². The van der Waals surface area contributed by atoms with Crippen LogP contribution >= 0.6 is 15.9 Å². The first kappa shape index (κ1) is 11.6. The Morgan fingerprint density at radius 1 is 1.29 bits per heavy atom. The molecule has 0 atom stereocenters. The Morgan fingerprint density at radius 3 is 2.82 bits per heavy atom. The number of aromatic nitrogens is 1. The molecule has 5 heteroatoms. The average Bonchev–Trinajstić information content (AvgIpc) is 2.31. The lowest BCUT2D eigenvalue weighted by Gasteiger charge is -2.06. The maximum atomic E-state index is 12.9. The number of hydrogen-bond acceptors (Lipinski definition) is 3. The molecule has 0 bridgehead atoms. The van der Waals surface area contributed by atoms with Crippen LogP contribution in [0.1, 0.15) is 5.56 Å². The van der Waals surface area contributed by atoms with Crippen LogP contribution in [0.3, 0.4) is 0 Å². The van der Waals surface area contributed by atoms with E-state index < -0.39 is 5.82 Å². The van der Waals surface area contributed by atoms with Crippen LogP contribution in [0.25, 0.3) is 0 Å². The number of rotatable bonds is 2. The minimum atomic E-state index is -0.471. The Hall–Kier alpha value is -1.93. The van der Waals surface area contributed by atoms with Gasteiger partial charge >= 0.3 is 0 Å². The lowest BCUT2D eigenvalue weighted by atomic mass is 10.2. The van der Waals surface area contributed by atoms with Gasteiger partial charge in [0, 0.05) is 10.7 Å². The molecule has 2 rings (SSSR count). The number of nitrogens with zero attached hydrogens (tertiary/aromatic N) is 2. The third-order valence-corrected chi connectivity index (χ3v) is 2.40. The van der Waals surface area contributed by atoms with Gasteiger partial charge in [-0.15, -0.1) is 0 Å². The van der Waals surface area contributed by atoms with Gasteiger partial charge in [0.1, 0.15) is 23.4 Å². The van der Waals surface area contributed by atoms with E-state index in [0.717, 1.165) is 10.5 Å². The van der Waals surface area contributed by atoms with Crippen molar-refractivity contribution in [2.45, 2.75) is 0 Å². The van der Waals surface area contributed by atoms with E-state index in [1.54, 1.807) is 12.3 Å². The van der Waals surface area contributed by atoms with Gasteiger partial charge in [-0.25, -0.2) is 4.39 Å². The monoisotopic (exact) mass is 292 g/mol. The van der Waals surface area contributed by atoms with E-state index >= 15 is 0 Å². The summed E-state index contributed by atoms with van der Waals surface area (Å²) in [4.78, 5) is 3.92. The molecule has 0 N–H and O–H groups in total. The molecule has 0 saturated carbocycles. The van der Waals surface area contributed by atoms with E-state index in [2.05, 4.69) is 20.9 Å². The molecule has 84 valence electrons. The molecule has 0 aliphatic rings. The van der Waals surface area contributed by atoms with Gasteiger partial charge in [-0.3, -0.25) is 4.98 Å². The van der Waals surface area contributed by atoms with Gasteiger partial charge in [0.15, 0.2) is 0 Å². The Labute approximate surface area is 106 Å². The molecular formula is C12H6BrFN2O. The Kier molecular flexibility index (Phi) is 3.35. The van der Waals surface area contributed by atoms with Gasteiger partial charge in [-0.05, 0) is 40.2 Å². The van der Waals surface area contributed by atoms with Crippen LogP contribution in [-0.2, 0) is 0 Å². The van der Waals surface area contributed by atoms with Crippen molar-refractivity contribution in [1.29, 1.82) is 5.26 Å². The normalized spacial score (nSPS) is 9.71. The van der Waals surface area contributed by atoms with Crippen molar-refractivity contribution in [2.75, 3.05) is 0 Å². The smallest absolute Gasteiger partial charge is 0.146 e. The molecule has 1 aromatic carbocycles. The number of hydrogen-bond donors (Lipinski definition) is 0. The second-order valence-corrected chi connectivity index (χ2v) is 4.11. The quantitative estimate of drug-likeness (QED) is 0.849. The largest absolute Gasteiger partial charge is 0.454 e. The number of benzene rings is 1. The Morgan fingerprint density at radius 2 is 2.12 bits per heavy atom. The minimum Gasteiger partial charge on any atom is -0.454 e. The highest BCUT2D eigenvalue weighted by Gasteiger charge is 2.06. The fourth-order valence-corrected chi connectivity index (χ4v) is 1.60.